The summed E-state index contributed by atoms with van der Waals surface area (Å²) < 4.78 is 5.63. The van der Waals surface area contributed by atoms with E-state index < -0.39 is 12.1 Å². The fourth-order valence-electron chi connectivity index (χ4n) is 6.02. The molecule has 0 unspecified atom stereocenters. The molecule has 2 aliphatic heterocycles. The van der Waals surface area contributed by atoms with Crippen LogP contribution in [-0.2, 0) is 16.1 Å². The van der Waals surface area contributed by atoms with E-state index >= 15 is 0 Å². The van der Waals surface area contributed by atoms with Gasteiger partial charge in [0, 0.05) is 60.4 Å². The fourth-order valence-corrected chi connectivity index (χ4v) is 6.02. The van der Waals surface area contributed by atoms with E-state index in [1.165, 1.54) is 0 Å². The number of hydrogen-bond donors (Lipinski definition) is 3. The van der Waals surface area contributed by atoms with Crippen molar-refractivity contribution in [2.45, 2.75) is 39.3 Å². The van der Waals surface area contributed by atoms with Crippen molar-refractivity contribution < 1.29 is 14.3 Å². The zero-order chi connectivity index (χ0) is 31.7. The third kappa shape index (κ3) is 6.15. The van der Waals surface area contributed by atoms with E-state index in [0.717, 1.165) is 44.3 Å². The second-order valence-electron chi connectivity index (χ2n) is 11.7. The predicted octanol–water partition coefficient (Wildman–Crippen LogP) is 6.68. The maximum absolute atomic E-state index is 14.5. The number of H-pyrrole nitrogens is 1. The summed E-state index contributed by atoms with van der Waals surface area (Å²) in [5.41, 5.74) is 7.42. The molecule has 0 aliphatic carbocycles. The molecule has 0 fully saturated rings. The number of nitrogens with zero attached hydrogens (tertiary/aromatic N) is 2. The number of hydrogen-bond acceptors (Lipinski definition) is 6. The second-order valence-corrected chi connectivity index (χ2v) is 11.7. The zero-order valence-corrected chi connectivity index (χ0v) is 25.7. The fraction of sp³-hybridized carbons (Fsp3) is 0.222. The number of fused-ring (bicyclic) bond motifs is 10. The standard InChI is InChI=1S/C36H35N5O4/c1-21-15-31-22(2)14-30(21)23(3)20-45-36(44)40-27-9-10-29(25-6-5-12-37-18-25)26(16-27)19-41(4)35(43)33(31)39-28-8-7-24-11-13-38-34(42)32(24)17-28/h5-18,23,33,39H,19-20H2,1-4H3,(H,38,42)(H,40,44)/t23-,33+/m0/s1. The van der Waals surface area contributed by atoms with Gasteiger partial charge >= 0.3 is 6.09 Å². The number of carbonyl (C=O) groups is 2. The minimum absolute atomic E-state index is 0.0723. The molecule has 0 saturated heterocycles. The number of aromatic amines is 1. The van der Waals surface area contributed by atoms with Crippen molar-refractivity contribution in [1.29, 1.82) is 0 Å². The number of anilines is 2. The third-order valence-corrected chi connectivity index (χ3v) is 8.40. The second kappa shape index (κ2) is 12.3. The Bertz CT molecular complexity index is 1970. The number of benzene rings is 3. The first-order valence-corrected chi connectivity index (χ1v) is 14.9. The number of aromatic nitrogens is 2. The molecule has 2 aliphatic rings. The van der Waals surface area contributed by atoms with Crippen LogP contribution < -0.4 is 16.2 Å². The highest BCUT2D eigenvalue weighted by Gasteiger charge is 2.28. The molecule has 9 nitrogen and oxygen atoms in total. The lowest BCUT2D eigenvalue weighted by atomic mass is 9.89. The molecule has 2 atom stereocenters. The predicted molar refractivity (Wildman–Crippen MR) is 176 cm³/mol. The number of aryl methyl sites for hydroxylation is 2. The highest BCUT2D eigenvalue weighted by molar-refractivity contribution is 5.90. The van der Waals surface area contributed by atoms with Gasteiger partial charge in [0.05, 0.1) is 6.61 Å². The Morgan fingerprint density at radius 3 is 2.56 bits per heavy atom. The van der Waals surface area contributed by atoms with Gasteiger partial charge in [0.2, 0.25) is 5.91 Å². The van der Waals surface area contributed by atoms with Gasteiger partial charge in [-0.25, -0.2) is 4.79 Å². The Morgan fingerprint density at radius 2 is 1.76 bits per heavy atom. The van der Waals surface area contributed by atoms with Crippen LogP contribution in [0.15, 0.2) is 90.1 Å². The van der Waals surface area contributed by atoms with Gasteiger partial charge in [-0.1, -0.05) is 37.3 Å². The minimum Gasteiger partial charge on any atom is -0.449 e. The van der Waals surface area contributed by atoms with Crippen molar-refractivity contribution in [3.8, 4) is 11.1 Å². The van der Waals surface area contributed by atoms with Crippen LogP contribution in [0.3, 0.4) is 0 Å². The molecule has 0 radical (unpaired) electrons. The molecular weight excluding hydrogens is 566 g/mol. The van der Waals surface area contributed by atoms with Crippen LogP contribution in [0.1, 0.15) is 46.7 Å². The van der Waals surface area contributed by atoms with Gasteiger partial charge in [0.25, 0.3) is 5.56 Å². The molecule has 0 saturated carbocycles. The van der Waals surface area contributed by atoms with E-state index in [1.807, 2.05) is 75.4 Å². The minimum atomic E-state index is -0.743. The van der Waals surface area contributed by atoms with Gasteiger partial charge < -0.3 is 19.9 Å². The van der Waals surface area contributed by atoms with Crippen molar-refractivity contribution in [2.75, 3.05) is 24.3 Å². The van der Waals surface area contributed by atoms with Crippen LogP contribution in [0, 0.1) is 13.8 Å². The number of rotatable bonds is 3. The first kappa shape index (κ1) is 29.6. The summed E-state index contributed by atoms with van der Waals surface area (Å²) in [6.45, 7) is 6.46. The Labute approximate surface area is 261 Å². The van der Waals surface area contributed by atoms with Crippen LogP contribution in [0.25, 0.3) is 21.9 Å². The molecule has 228 valence electrons. The Kier molecular flexibility index (Phi) is 8.08. The lowest BCUT2D eigenvalue weighted by Gasteiger charge is -2.29. The lowest BCUT2D eigenvalue weighted by Crippen LogP contribution is -2.35. The van der Waals surface area contributed by atoms with Gasteiger partial charge in [0.1, 0.15) is 6.04 Å². The van der Waals surface area contributed by atoms with Gasteiger partial charge in [-0.2, -0.15) is 0 Å². The lowest BCUT2D eigenvalue weighted by molar-refractivity contribution is -0.131. The first-order chi connectivity index (χ1) is 21.7. The van der Waals surface area contributed by atoms with Crippen molar-refractivity contribution in [3.05, 3.63) is 123 Å². The number of amides is 2. The largest absolute Gasteiger partial charge is 0.449 e. The number of ether oxygens (including phenoxy) is 1. The Hall–Kier alpha value is -5.44. The summed E-state index contributed by atoms with van der Waals surface area (Å²) >= 11 is 0. The zero-order valence-electron chi connectivity index (χ0n) is 25.7. The normalized spacial score (nSPS) is 17.2. The Balaban J connectivity index is 1.46. The number of nitrogens with one attached hydrogen (secondary N) is 3. The van der Waals surface area contributed by atoms with Gasteiger partial charge in [-0.05, 0) is 89.0 Å². The molecule has 7 rings (SSSR count). The number of carbonyl (C=O) groups excluding carboxylic acids is 2. The SMILES string of the molecule is Cc1cc2c(C)cc1[C@@H](C)COC(=O)Nc1ccc(-c3cccnc3)c(c1)CN(C)C(=O)[C@@H]2Nc1ccc2cc[nH]c(=O)c2c1. The summed E-state index contributed by atoms with van der Waals surface area (Å²) in [6.07, 6.45) is 4.57. The smallest absolute Gasteiger partial charge is 0.411 e. The van der Waals surface area contributed by atoms with E-state index in [0.29, 0.717) is 16.8 Å². The summed E-state index contributed by atoms with van der Waals surface area (Å²) in [5, 5.41) is 7.66. The van der Waals surface area contributed by atoms with Crippen molar-refractivity contribution in [1.82, 2.24) is 14.9 Å². The van der Waals surface area contributed by atoms with Crippen molar-refractivity contribution in [3.63, 3.8) is 0 Å². The van der Waals surface area contributed by atoms with Crippen molar-refractivity contribution >= 4 is 34.1 Å². The van der Waals surface area contributed by atoms with E-state index in [9.17, 15) is 14.4 Å². The molecule has 4 bridgehead atoms. The van der Waals surface area contributed by atoms with E-state index in [2.05, 4.69) is 26.7 Å². The molecule has 2 aromatic heterocycles. The highest BCUT2D eigenvalue weighted by atomic mass is 16.5. The Morgan fingerprint density at radius 1 is 0.956 bits per heavy atom. The van der Waals surface area contributed by atoms with Crippen LogP contribution in [-0.4, -0.2) is 40.5 Å². The summed E-state index contributed by atoms with van der Waals surface area (Å²) in [6, 6.07) is 20.2. The third-order valence-electron chi connectivity index (χ3n) is 8.40. The maximum atomic E-state index is 14.5. The van der Waals surface area contributed by atoms with Gasteiger partial charge in [-0.3, -0.25) is 19.9 Å². The monoisotopic (exact) mass is 601 g/mol. The molecule has 4 heterocycles. The molecule has 9 heteroatoms. The molecule has 3 aromatic carbocycles. The molecule has 5 aromatic rings. The van der Waals surface area contributed by atoms with Crippen LogP contribution in [0.5, 0.6) is 0 Å². The van der Waals surface area contributed by atoms with Crippen molar-refractivity contribution in [2.24, 2.45) is 0 Å². The molecule has 45 heavy (non-hydrogen) atoms. The first-order valence-electron chi connectivity index (χ1n) is 14.9. The number of likely N-dealkylation sites (N-methyl/N-ethyl adjacent to an activating group) is 1. The average molecular weight is 602 g/mol. The van der Waals surface area contributed by atoms with E-state index in [4.69, 9.17) is 4.74 Å². The van der Waals surface area contributed by atoms with Crippen LogP contribution >= 0.6 is 0 Å². The molecule has 2 amide bonds. The molecule has 3 N–H and O–H groups in total. The summed E-state index contributed by atoms with van der Waals surface area (Å²) in [4.78, 5) is 48.5. The van der Waals surface area contributed by atoms with E-state index in [1.54, 1.807) is 36.6 Å². The summed E-state index contributed by atoms with van der Waals surface area (Å²) in [7, 11) is 1.77. The van der Waals surface area contributed by atoms with Crippen LogP contribution in [0.2, 0.25) is 0 Å². The highest BCUT2D eigenvalue weighted by Crippen LogP contribution is 2.33. The quantitative estimate of drug-likeness (QED) is 0.212. The average Bonchev–Trinajstić information content (AvgIpc) is 3.03. The van der Waals surface area contributed by atoms with E-state index in [-0.39, 0.29) is 30.5 Å². The summed E-state index contributed by atoms with van der Waals surface area (Å²) in [5.74, 6) is -0.223. The number of pyridine rings is 2. The molecular formula is C36H35N5O4. The maximum Gasteiger partial charge on any atom is 0.411 e. The van der Waals surface area contributed by atoms with Gasteiger partial charge in [0.15, 0.2) is 0 Å². The van der Waals surface area contributed by atoms with Crippen LogP contribution in [0.4, 0.5) is 16.2 Å². The topological polar surface area (TPSA) is 116 Å². The molecule has 0 spiro atoms. The van der Waals surface area contributed by atoms with Gasteiger partial charge in [-0.15, -0.1) is 0 Å².